The molecule has 1 aromatic heterocycles. The largest absolute Gasteiger partial charge is 0.356 e. The SMILES string of the molecule is Cc1nc(Nc2ccc(C)c(Br)c2)cc(N2CCCC(C)C2)n1. The minimum Gasteiger partial charge on any atom is -0.356 e. The summed E-state index contributed by atoms with van der Waals surface area (Å²) in [7, 11) is 0. The molecule has 0 spiro atoms. The molecule has 1 unspecified atom stereocenters. The number of halogens is 1. The van der Waals surface area contributed by atoms with E-state index in [9.17, 15) is 0 Å². The average molecular weight is 375 g/mol. The van der Waals surface area contributed by atoms with Gasteiger partial charge in [0.05, 0.1) is 0 Å². The Morgan fingerprint density at radius 2 is 2.04 bits per heavy atom. The van der Waals surface area contributed by atoms with E-state index in [1.165, 1.54) is 18.4 Å². The second kappa shape index (κ2) is 6.87. The summed E-state index contributed by atoms with van der Waals surface area (Å²) in [5.74, 6) is 3.40. The lowest BCUT2D eigenvalue weighted by molar-refractivity contribution is 0.444. The van der Waals surface area contributed by atoms with Crippen molar-refractivity contribution in [3.05, 3.63) is 40.1 Å². The number of aryl methyl sites for hydroxylation is 2. The van der Waals surface area contributed by atoms with Crippen LogP contribution in [0, 0.1) is 19.8 Å². The smallest absolute Gasteiger partial charge is 0.136 e. The summed E-state index contributed by atoms with van der Waals surface area (Å²) in [4.78, 5) is 11.5. The summed E-state index contributed by atoms with van der Waals surface area (Å²) in [6, 6.07) is 8.29. The molecule has 1 aromatic carbocycles. The van der Waals surface area contributed by atoms with Gasteiger partial charge >= 0.3 is 0 Å². The second-order valence-electron chi connectivity index (χ2n) is 6.44. The molecular formula is C18H23BrN4. The van der Waals surface area contributed by atoms with Gasteiger partial charge in [0.1, 0.15) is 17.5 Å². The third kappa shape index (κ3) is 4.02. The maximum Gasteiger partial charge on any atom is 0.136 e. The van der Waals surface area contributed by atoms with Gasteiger partial charge in [-0.25, -0.2) is 9.97 Å². The number of anilines is 3. The van der Waals surface area contributed by atoms with Crippen molar-refractivity contribution in [1.29, 1.82) is 0 Å². The highest BCUT2D eigenvalue weighted by Crippen LogP contribution is 2.26. The number of nitrogens with zero attached hydrogens (tertiary/aromatic N) is 3. The first-order chi connectivity index (χ1) is 11.0. The summed E-state index contributed by atoms with van der Waals surface area (Å²) in [6.45, 7) is 8.50. The number of nitrogens with one attached hydrogen (secondary N) is 1. The van der Waals surface area contributed by atoms with Crippen molar-refractivity contribution in [3.8, 4) is 0 Å². The molecule has 1 fully saturated rings. The zero-order valence-corrected chi connectivity index (χ0v) is 15.5. The zero-order chi connectivity index (χ0) is 16.4. The Morgan fingerprint density at radius 1 is 1.22 bits per heavy atom. The van der Waals surface area contributed by atoms with Crippen LogP contribution in [0.2, 0.25) is 0 Å². The number of rotatable bonds is 3. The third-order valence-corrected chi connectivity index (χ3v) is 5.10. The molecule has 122 valence electrons. The molecule has 4 nitrogen and oxygen atoms in total. The highest BCUT2D eigenvalue weighted by molar-refractivity contribution is 9.10. The second-order valence-corrected chi connectivity index (χ2v) is 7.30. The van der Waals surface area contributed by atoms with Crippen molar-refractivity contribution in [2.45, 2.75) is 33.6 Å². The van der Waals surface area contributed by atoms with Crippen molar-refractivity contribution in [3.63, 3.8) is 0 Å². The van der Waals surface area contributed by atoms with Gasteiger partial charge in [-0.05, 0) is 50.3 Å². The summed E-state index contributed by atoms with van der Waals surface area (Å²) in [5.41, 5.74) is 2.25. The van der Waals surface area contributed by atoms with E-state index in [4.69, 9.17) is 0 Å². The summed E-state index contributed by atoms with van der Waals surface area (Å²) >= 11 is 3.58. The van der Waals surface area contributed by atoms with E-state index in [1.807, 2.05) is 6.92 Å². The quantitative estimate of drug-likeness (QED) is 0.834. The average Bonchev–Trinajstić information content (AvgIpc) is 2.50. The van der Waals surface area contributed by atoms with Crippen LogP contribution in [0.1, 0.15) is 31.2 Å². The molecule has 2 aromatic rings. The normalized spacial score (nSPS) is 18.1. The van der Waals surface area contributed by atoms with Gasteiger partial charge in [-0.1, -0.05) is 28.9 Å². The standard InChI is InChI=1S/C18H23BrN4/c1-12-5-4-8-23(11-12)18-10-17(20-14(3)21-18)22-15-7-6-13(2)16(19)9-15/h6-7,9-10,12H,4-5,8,11H2,1-3H3,(H,20,21,22). The topological polar surface area (TPSA) is 41.1 Å². The molecule has 0 bridgehead atoms. The number of benzene rings is 1. The molecule has 2 heterocycles. The molecule has 1 aliphatic heterocycles. The maximum atomic E-state index is 4.63. The Balaban J connectivity index is 1.83. The predicted octanol–water partition coefficient (Wildman–Crippen LogP) is 4.84. The number of hydrogen-bond donors (Lipinski definition) is 1. The summed E-state index contributed by atoms with van der Waals surface area (Å²) in [6.07, 6.45) is 2.54. The minimum atomic E-state index is 0.725. The molecule has 0 aliphatic carbocycles. The van der Waals surface area contributed by atoms with Crippen molar-refractivity contribution in [2.24, 2.45) is 5.92 Å². The summed E-state index contributed by atoms with van der Waals surface area (Å²) < 4.78 is 1.10. The first-order valence-electron chi connectivity index (χ1n) is 8.15. The molecule has 23 heavy (non-hydrogen) atoms. The van der Waals surface area contributed by atoms with Crippen molar-refractivity contribution < 1.29 is 0 Å². The molecule has 0 radical (unpaired) electrons. The summed E-state index contributed by atoms with van der Waals surface area (Å²) in [5, 5.41) is 3.40. The molecule has 1 atom stereocenters. The Hall–Kier alpha value is -1.62. The van der Waals surface area contributed by atoms with Gasteiger partial charge in [0.15, 0.2) is 0 Å². The minimum absolute atomic E-state index is 0.725. The molecular weight excluding hydrogens is 352 g/mol. The fraction of sp³-hybridized carbons (Fsp3) is 0.444. The van der Waals surface area contributed by atoms with Gasteiger partial charge in [-0.15, -0.1) is 0 Å². The van der Waals surface area contributed by atoms with E-state index >= 15 is 0 Å². The Bertz CT molecular complexity index is 701. The van der Waals surface area contributed by atoms with E-state index < -0.39 is 0 Å². The highest BCUT2D eigenvalue weighted by atomic mass is 79.9. The van der Waals surface area contributed by atoms with Crippen LogP contribution in [-0.4, -0.2) is 23.1 Å². The van der Waals surface area contributed by atoms with Crippen molar-refractivity contribution in [2.75, 3.05) is 23.3 Å². The van der Waals surface area contributed by atoms with Crippen LogP contribution in [0.3, 0.4) is 0 Å². The molecule has 0 saturated carbocycles. The van der Waals surface area contributed by atoms with Gasteiger partial charge in [0, 0.05) is 29.3 Å². The number of aromatic nitrogens is 2. The molecule has 1 N–H and O–H groups in total. The molecule has 5 heteroatoms. The Kier molecular flexibility index (Phi) is 4.85. The maximum absolute atomic E-state index is 4.63. The van der Waals surface area contributed by atoms with E-state index in [-0.39, 0.29) is 0 Å². The van der Waals surface area contributed by atoms with Crippen molar-refractivity contribution in [1.82, 2.24) is 9.97 Å². The van der Waals surface area contributed by atoms with E-state index in [0.717, 1.165) is 46.6 Å². The van der Waals surface area contributed by atoms with E-state index in [0.29, 0.717) is 0 Å². The first-order valence-corrected chi connectivity index (χ1v) is 8.94. The Labute approximate surface area is 146 Å². The lowest BCUT2D eigenvalue weighted by Gasteiger charge is -2.32. The lowest BCUT2D eigenvalue weighted by atomic mass is 10.0. The van der Waals surface area contributed by atoms with Crippen molar-refractivity contribution >= 4 is 33.3 Å². The fourth-order valence-corrected chi connectivity index (χ4v) is 3.37. The van der Waals surface area contributed by atoms with Gasteiger partial charge in [-0.2, -0.15) is 0 Å². The number of piperidine rings is 1. The van der Waals surface area contributed by atoms with Crippen LogP contribution in [0.4, 0.5) is 17.3 Å². The zero-order valence-electron chi connectivity index (χ0n) is 13.9. The highest BCUT2D eigenvalue weighted by Gasteiger charge is 2.18. The van der Waals surface area contributed by atoms with Crippen LogP contribution >= 0.6 is 15.9 Å². The van der Waals surface area contributed by atoms with Crippen LogP contribution in [-0.2, 0) is 0 Å². The van der Waals surface area contributed by atoms with Gasteiger partial charge < -0.3 is 10.2 Å². The lowest BCUT2D eigenvalue weighted by Crippen LogP contribution is -2.35. The molecule has 0 amide bonds. The van der Waals surface area contributed by atoms with Crippen LogP contribution < -0.4 is 10.2 Å². The molecule has 1 aliphatic rings. The predicted molar refractivity (Wildman–Crippen MR) is 99.5 cm³/mol. The van der Waals surface area contributed by atoms with Crippen LogP contribution in [0.5, 0.6) is 0 Å². The van der Waals surface area contributed by atoms with Gasteiger partial charge in [0.2, 0.25) is 0 Å². The number of hydrogen-bond acceptors (Lipinski definition) is 4. The van der Waals surface area contributed by atoms with E-state index in [1.54, 1.807) is 0 Å². The van der Waals surface area contributed by atoms with Crippen LogP contribution in [0.15, 0.2) is 28.7 Å². The van der Waals surface area contributed by atoms with Gasteiger partial charge in [-0.3, -0.25) is 0 Å². The third-order valence-electron chi connectivity index (χ3n) is 4.25. The first kappa shape index (κ1) is 16.2. The van der Waals surface area contributed by atoms with Gasteiger partial charge in [0.25, 0.3) is 0 Å². The van der Waals surface area contributed by atoms with Crippen LogP contribution in [0.25, 0.3) is 0 Å². The van der Waals surface area contributed by atoms with E-state index in [2.05, 4.69) is 74.2 Å². The molecule has 3 rings (SSSR count). The Morgan fingerprint density at radius 3 is 2.78 bits per heavy atom. The molecule has 1 saturated heterocycles. The monoisotopic (exact) mass is 374 g/mol. The fourth-order valence-electron chi connectivity index (χ4n) is 2.99.